The highest BCUT2D eigenvalue weighted by molar-refractivity contribution is 5.55. The standard InChI is InChI=1S/C19H20F3N7/c20-19(21,22)14-6-4-5-13(11-14)12-25-17-27-16(24-10-9-23)28-18(29-17)26-15-7-2-1-3-8-15/h1-8,11H,9-10,12,23H2,(H3,24,25,26,27,28,29). The second-order valence-corrected chi connectivity index (χ2v) is 6.06. The second kappa shape index (κ2) is 9.20. The topological polar surface area (TPSA) is 101 Å². The minimum atomic E-state index is -4.39. The van der Waals surface area contributed by atoms with Crippen LogP contribution in [0.5, 0.6) is 0 Å². The second-order valence-electron chi connectivity index (χ2n) is 6.06. The molecule has 3 aromatic rings. The van der Waals surface area contributed by atoms with Gasteiger partial charge in [0, 0.05) is 25.3 Å². The number of benzene rings is 2. The van der Waals surface area contributed by atoms with E-state index in [9.17, 15) is 13.2 Å². The zero-order chi connectivity index (χ0) is 20.7. The lowest BCUT2D eigenvalue weighted by atomic mass is 10.1. The molecule has 0 bridgehead atoms. The molecule has 2 aromatic carbocycles. The van der Waals surface area contributed by atoms with Crippen LogP contribution in [-0.4, -0.2) is 28.0 Å². The Bertz CT molecular complexity index is 933. The minimum Gasteiger partial charge on any atom is -0.353 e. The van der Waals surface area contributed by atoms with Crippen molar-refractivity contribution in [2.24, 2.45) is 5.73 Å². The number of hydrogen-bond donors (Lipinski definition) is 4. The van der Waals surface area contributed by atoms with Gasteiger partial charge in [0.1, 0.15) is 0 Å². The smallest absolute Gasteiger partial charge is 0.353 e. The Balaban J connectivity index is 1.77. The third-order valence-electron chi connectivity index (χ3n) is 3.80. The van der Waals surface area contributed by atoms with Gasteiger partial charge in [-0.1, -0.05) is 30.3 Å². The number of hydrogen-bond acceptors (Lipinski definition) is 7. The van der Waals surface area contributed by atoms with Gasteiger partial charge in [-0.05, 0) is 29.8 Å². The van der Waals surface area contributed by atoms with Crippen molar-refractivity contribution in [1.82, 2.24) is 15.0 Å². The molecule has 10 heteroatoms. The van der Waals surface area contributed by atoms with E-state index in [0.29, 0.717) is 24.6 Å². The van der Waals surface area contributed by atoms with Gasteiger partial charge < -0.3 is 21.7 Å². The molecule has 0 radical (unpaired) electrons. The first-order valence-corrected chi connectivity index (χ1v) is 8.86. The maximum absolute atomic E-state index is 12.9. The van der Waals surface area contributed by atoms with E-state index in [0.717, 1.165) is 17.8 Å². The van der Waals surface area contributed by atoms with Crippen LogP contribution in [0.4, 0.5) is 36.7 Å². The Morgan fingerprint density at radius 2 is 1.52 bits per heavy atom. The molecule has 152 valence electrons. The van der Waals surface area contributed by atoms with Crippen molar-refractivity contribution in [2.75, 3.05) is 29.0 Å². The van der Waals surface area contributed by atoms with Gasteiger partial charge in [-0.3, -0.25) is 0 Å². The van der Waals surface area contributed by atoms with Crippen LogP contribution >= 0.6 is 0 Å². The molecule has 0 atom stereocenters. The van der Waals surface area contributed by atoms with Crippen LogP contribution in [0.2, 0.25) is 0 Å². The summed E-state index contributed by atoms with van der Waals surface area (Å²) in [5.74, 6) is 0.808. The highest BCUT2D eigenvalue weighted by atomic mass is 19.4. The molecular formula is C19H20F3N7. The zero-order valence-electron chi connectivity index (χ0n) is 15.4. The number of para-hydroxylation sites is 1. The number of nitrogens with zero attached hydrogens (tertiary/aromatic N) is 3. The number of alkyl halides is 3. The van der Waals surface area contributed by atoms with E-state index < -0.39 is 11.7 Å². The largest absolute Gasteiger partial charge is 0.416 e. The Kier molecular flexibility index (Phi) is 6.45. The van der Waals surface area contributed by atoms with Crippen molar-refractivity contribution < 1.29 is 13.2 Å². The first kappa shape index (κ1) is 20.3. The van der Waals surface area contributed by atoms with E-state index in [1.165, 1.54) is 6.07 Å². The fourth-order valence-corrected chi connectivity index (χ4v) is 2.46. The fraction of sp³-hybridized carbons (Fsp3) is 0.211. The van der Waals surface area contributed by atoms with Crippen LogP contribution in [0.15, 0.2) is 54.6 Å². The number of rotatable bonds is 8. The third kappa shape index (κ3) is 6.04. The predicted octanol–water partition coefficient (Wildman–Crippen LogP) is 3.62. The van der Waals surface area contributed by atoms with E-state index >= 15 is 0 Å². The summed E-state index contributed by atoms with van der Waals surface area (Å²) in [6.45, 7) is 0.969. The van der Waals surface area contributed by atoms with E-state index in [1.807, 2.05) is 30.3 Å². The van der Waals surface area contributed by atoms with Crippen LogP contribution < -0.4 is 21.7 Å². The first-order chi connectivity index (χ1) is 13.9. The molecule has 0 aliphatic carbocycles. The first-order valence-electron chi connectivity index (χ1n) is 8.86. The SMILES string of the molecule is NCCNc1nc(NCc2cccc(C(F)(F)F)c2)nc(Nc2ccccc2)n1. The van der Waals surface area contributed by atoms with Gasteiger partial charge in [-0.25, -0.2) is 0 Å². The van der Waals surface area contributed by atoms with Gasteiger partial charge >= 0.3 is 6.18 Å². The monoisotopic (exact) mass is 403 g/mol. The molecule has 0 amide bonds. The van der Waals surface area contributed by atoms with Crippen LogP contribution in [-0.2, 0) is 12.7 Å². The molecule has 3 rings (SSSR count). The van der Waals surface area contributed by atoms with Crippen molar-refractivity contribution in [3.05, 3.63) is 65.7 Å². The Morgan fingerprint density at radius 3 is 2.21 bits per heavy atom. The normalized spacial score (nSPS) is 11.2. The number of nitrogens with one attached hydrogen (secondary N) is 3. The van der Waals surface area contributed by atoms with Gasteiger partial charge in [-0.15, -0.1) is 0 Å². The van der Waals surface area contributed by atoms with Crippen molar-refractivity contribution >= 4 is 23.5 Å². The molecule has 0 saturated heterocycles. The quantitative estimate of drug-likeness (QED) is 0.456. The summed E-state index contributed by atoms with van der Waals surface area (Å²) in [5, 5.41) is 8.98. The lowest BCUT2D eigenvalue weighted by molar-refractivity contribution is -0.137. The molecule has 0 saturated carbocycles. The molecular weight excluding hydrogens is 383 g/mol. The molecule has 0 unspecified atom stereocenters. The Labute approximate surface area is 165 Å². The van der Waals surface area contributed by atoms with Gasteiger partial charge in [-0.2, -0.15) is 28.1 Å². The van der Waals surface area contributed by atoms with Crippen LogP contribution in [0.3, 0.4) is 0 Å². The van der Waals surface area contributed by atoms with Gasteiger partial charge in [0.05, 0.1) is 5.56 Å². The van der Waals surface area contributed by atoms with Gasteiger partial charge in [0.2, 0.25) is 17.8 Å². The van der Waals surface area contributed by atoms with Crippen LogP contribution in [0.1, 0.15) is 11.1 Å². The highest BCUT2D eigenvalue weighted by Crippen LogP contribution is 2.29. The summed E-state index contributed by atoms with van der Waals surface area (Å²) in [5.41, 5.74) is 6.04. The summed E-state index contributed by atoms with van der Waals surface area (Å²) >= 11 is 0. The van der Waals surface area contributed by atoms with Crippen molar-refractivity contribution in [3.8, 4) is 0 Å². The summed E-state index contributed by atoms with van der Waals surface area (Å²) in [4.78, 5) is 12.8. The molecule has 5 N–H and O–H groups in total. The molecule has 1 heterocycles. The van der Waals surface area contributed by atoms with Crippen molar-refractivity contribution in [3.63, 3.8) is 0 Å². The maximum Gasteiger partial charge on any atom is 0.416 e. The molecule has 0 spiro atoms. The zero-order valence-corrected chi connectivity index (χ0v) is 15.4. The van der Waals surface area contributed by atoms with E-state index in [4.69, 9.17) is 5.73 Å². The highest BCUT2D eigenvalue weighted by Gasteiger charge is 2.30. The van der Waals surface area contributed by atoms with Crippen molar-refractivity contribution in [2.45, 2.75) is 12.7 Å². The number of nitrogens with two attached hydrogens (primary N) is 1. The Hall–Kier alpha value is -3.40. The third-order valence-corrected chi connectivity index (χ3v) is 3.80. The lowest BCUT2D eigenvalue weighted by Gasteiger charge is -2.12. The van der Waals surface area contributed by atoms with E-state index in [1.54, 1.807) is 6.07 Å². The van der Waals surface area contributed by atoms with Gasteiger partial charge in [0.15, 0.2) is 0 Å². The van der Waals surface area contributed by atoms with E-state index in [2.05, 4.69) is 30.9 Å². The molecule has 29 heavy (non-hydrogen) atoms. The minimum absolute atomic E-state index is 0.120. The maximum atomic E-state index is 12.9. The average Bonchev–Trinajstić information content (AvgIpc) is 2.71. The van der Waals surface area contributed by atoms with Crippen molar-refractivity contribution in [1.29, 1.82) is 0 Å². The van der Waals surface area contributed by atoms with Gasteiger partial charge in [0.25, 0.3) is 0 Å². The molecule has 0 aliphatic heterocycles. The summed E-state index contributed by atoms with van der Waals surface area (Å²) in [6.07, 6.45) is -4.39. The number of anilines is 4. The Morgan fingerprint density at radius 1 is 0.828 bits per heavy atom. The van der Waals surface area contributed by atoms with Crippen LogP contribution in [0.25, 0.3) is 0 Å². The summed E-state index contributed by atoms with van der Waals surface area (Å²) < 4.78 is 38.6. The molecule has 0 fully saturated rings. The summed E-state index contributed by atoms with van der Waals surface area (Å²) in [7, 11) is 0. The number of aromatic nitrogens is 3. The average molecular weight is 403 g/mol. The predicted molar refractivity (Wildman–Crippen MR) is 106 cm³/mol. The lowest BCUT2D eigenvalue weighted by Crippen LogP contribution is -2.17. The van der Waals surface area contributed by atoms with Crippen LogP contribution in [0, 0.1) is 0 Å². The van der Waals surface area contributed by atoms with E-state index in [-0.39, 0.29) is 18.4 Å². The molecule has 1 aromatic heterocycles. The fourth-order valence-electron chi connectivity index (χ4n) is 2.46. The molecule has 7 nitrogen and oxygen atoms in total. The summed E-state index contributed by atoms with van der Waals surface area (Å²) in [6, 6.07) is 14.4. The number of halogens is 3. The molecule has 0 aliphatic rings.